The van der Waals surface area contributed by atoms with E-state index in [0.29, 0.717) is 15.6 Å². The number of rotatable bonds is 4. The van der Waals surface area contributed by atoms with Gasteiger partial charge in [0.05, 0.1) is 17.9 Å². The van der Waals surface area contributed by atoms with Crippen molar-refractivity contribution in [1.82, 2.24) is 19.9 Å². The fourth-order valence-electron chi connectivity index (χ4n) is 1.35. The molecule has 1 unspecified atom stereocenters. The second kappa shape index (κ2) is 5.41. The number of nitrogens with one attached hydrogen (secondary N) is 1. The molecule has 1 amide bonds. The van der Waals surface area contributed by atoms with Gasteiger partial charge in [0.1, 0.15) is 14.8 Å². The average molecular weight is 298 g/mol. The third-order valence-electron chi connectivity index (χ3n) is 2.31. The van der Waals surface area contributed by atoms with Gasteiger partial charge in [0.25, 0.3) is 5.91 Å². The molecule has 2 heterocycles. The lowest BCUT2D eigenvalue weighted by Gasteiger charge is -2.09. The van der Waals surface area contributed by atoms with E-state index in [-0.39, 0.29) is 16.8 Å². The summed E-state index contributed by atoms with van der Waals surface area (Å²) in [5.41, 5.74) is 0.570. The van der Waals surface area contributed by atoms with Crippen LogP contribution in [0.25, 0.3) is 0 Å². The van der Waals surface area contributed by atoms with Crippen molar-refractivity contribution in [3.8, 4) is 0 Å². The SMILES string of the molecule is Cc1nnsc1C(=O)NC(C)c1ncc(C(=O)O)s1. The van der Waals surface area contributed by atoms with Gasteiger partial charge in [0.2, 0.25) is 0 Å². The standard InChI is InChI=1S/C10H10N4O3S2/c1-4-7(19-14-13-4)8(15)12-5(2)9-11-3-6(18-9)10(16)17/h3,5H,1-2H3,(H,12,15)(H,16,17). The third-order valence-corrected chi connectivity index (χ3v) is 4.30. The first-order valence-electron chi connectivity index (χ1n) is 5.28. The fourth-order valence-corrected chi connectivity index (χ4v) is 2.67. The van der Waals surface area contributed by atoms with Crippen molar-refractivity contribution in [2.24, 2.45) is 0 Å². The summed E-state index contributed by atoms with van der Waals surface area (Å²) in [6.07, 6.45) is 1.28. The summed E-state index contributed by atoms with van der Waals surface area (Å²) in [6, 6.07) is -0.368. The van der Waals surface area contributed by atoms with E-state index in [1.807, 2.05) is 0 Å². The van der Waals surface area contributed by atoms with Gasteiger partial charge >= 0.3 is 5.97 Å². The van der Waals surface area contributed by atoms with Gasteiger partial charge in [-0.25, -0.2) is 9.78 Å². The summed E-state index contributed by atoms with van der Waals surface area (Å²) in [6.45, 7) is 3.45. The summed E-state index contributed by atoms with van der Waals surface area (Å²) in [7, 11) is 0. The van der Waals surface area contributed by atoms with Crippen LogP contribution in [-0.2, 0) is 0 Å². The van der Waals surface area contributed by atoms with E-state index in [4.69, 9.17) is 5.11 Å². The van der Waals surface area contributed by atoms with Gasteiger partial charge in [-0.2, -0.15) is 0 Å². The van der Waals surface area contributed by atoms with Crippen molar-refractivity contribution in [3.05, 3.63) is 26.7 Å². The molecule has 0 spiro atoms. The predicted molar refractivity (Wildman–Crippen MR) is 69.6 cm³/mol. The Morgan fingerprint density at radius 3 is 2.74 bits per heavy atom. The average Bonchev–Trinajstić information content (AvgIpc) is 2.96. The first-order chi connectivity index (χ1) is 8.99. The number of amides is 1. The monoisotopic (exact) mass is 298 g/mol. The highest BCUT2D eigenvalue weighted by Crippen LogP contribution is 2.20. The maximum absolute atomic E-state index is 11.9. The van der Waals surface area contributed by atoms with Crippen LogP contribution in [0.4, 0.5) is 0 Å². The van der Waals surface area contributed by atoms with E-state index in [2.05, 4.69) is 19.9 Å². The molecular formula is C10H10N4O3S2. The van der Waals surface area contributed by atoms with Gasteiger partial charge in [0.15, 0.2) is 0 Å². The van der Waals surface area contributed by atoms with Crippen LogP contribution < -0.4 is 5.32 Å². The first-order valence-corrected chi connectivity index (χ1v) is 6.87. The Labute approximate surface area is 116 Å². The highest BCUT2D eigenvalue weighted by Gasteiger charge is 2.19. The molecule has 7 nitrogen and oxygen atoms in total. The highest BCUT2D eigenvalue weighted by molar-refractivity contribution is 7.13. The summed E-state index contributed by atoms with van der Waals surface area (Å²) in [5.74, 6) is -1.31. The van der Waals surface area contributed by atoms with Crippen LogP contribution in [0.5, 0.6) is 0 Å². The zero-order chi connectivity index (χ0) is 14.0. The second-order valence-electron chi connectivity index (χ2n) is 3.75. The van der Waals surface area contributed by atoms with Crippen LogP contribution in [0.1, 0.15) is 43.0 Å². The third kappa shape index (κ3) is 2.93. The molecule has 0 fully saturated rings. The number of carboxylic acid groups (broad SMARTS) is 1. The maximum atomic E-state index is 11.9. The molecule has 0 aliphatic carbocycles. The van der Waals surface area contributed by atoms with Gasteiger partial charge in [0, 0.05) is 0 Å². The normalized spacial score (nSPS) is 12.1. The minimum Gasteiger partial charge on any atom is -0.477 e. The Bertz CT molecular complexity index is 622. The predicted octanol–water partition coefficient (Wildman–Crippen LogP) is 1.49. The number of aryl methyl sites for hydroxylation is 1. The number of thiazole rings is 1. The van der Waals surface area contributed by atoms with E-state index in [1.165, 1.54) is 6.20 Å². The number of aromatic carboxylic acids is 1. The lowest BCUT2D eigenvalue weighted by molar-refractivity contribution is 0.0701. The summed E-state index contributed by atoms with van der Waals surface area (Å²) < 4.78 is 3.69. The number of carbonyl (C=O) groups excluding carboxylic acids is 1. The Morgan fingerprint density at radius 2 is 2.21 bits per heavy atom. The Kier molecular flexibility index (Phi) is 3.86. The molecule has 2 aromatic heterocycles. The lowest BCUT2D eigenvalue weighted by Crippen LogP contribution is -2.26. The minimum absolute atomic E-state index is 0.145. The number of carboxylic acids is 1. The molecule has 9 heteroatoms. The number of aromatic nitrogens is 3. The van der Waals surface area contributed by atoms with Crippen LogP contribution in [0.3, 0.4) is 0 Å². The number of hydrogen-bond donors (Lipinski definition) is 2. The largest absolute Gasteiger partial charge is 0.477 e. The summed E-state index contributed by atoms with van der Waals surface area (Å²) in [5, 5.41) is 15.9. The molecule has 2 aromatic rings. The summed E-state index contributed by atoms with van der Waals surface area (Å²) >= 11 is 2.06. The smallest absolute Gasteiger partial charge is 0.347 e. The van der Waals surface area contributed by atoms with Crippen LogP contribution in [0.2, 0.25) is 0 Å². The maximum Gasteiger partial charge on any atom is 0.347 e. The molecule has 100 valence electrons. The van der Waals surface area contributed by atoms with Crippen molar-refractivity contribution < 1.29 is 14.7 Å². The Balaban J connectivity index is 2.08. The molecule has 2 N–H and O–H groups in total. The molecule has 0 aliphatic heterocycles. The number of hydrogen-bond acceptors (Lipinski definition) is 7. The van der Waals surface area contributed by atoms with Crippen molar-refractivity contribution >= 4 is 34.7 Å². The van der Waals surface area contributed by atoms with Gasteiger partial charge < -0.3 is 10.4 Å². The highest BCUT2D eigenvalue weighted by atomic mass is 32.1. The second-order valence-corrected chi connectivity index (χ2v) is 5.57. The van der Waals surface area contributed by atoms with Crippen LogP contribution in [0.15, 0.2) is 6.20 Å². The van der Waals surface area contributed by atoms with Crippen LogP contribution >= 0.6 is 22.9 Å². The van der Waals surface area contributed by atoms with Gasteiger partial charge in [-0.15, -0.1) is 16.4 Å². The van der Waals surface area contributed by atoms with E-state index in [9.17, 15) is 9.59 Å². The van der Waals surface area contributed by atoms with Crippen LogP contribution in [0, 0.1) is 6.92 Å². The van der Waals surface area contributed by atoms with E-state index >= 15 is 0 Å². The number of nitrogens with zero attached hydrogens (tertiary/aromatic N) is 3. The molecule has 1 atom stereocenters. The Morgan fingerprint density at radius 1 is 1.47 bits per heavy atom. The molecule has 0 saturated carbocycles. The molecule has 19 heavy (non-hydrogen) atoms. The van der Waals surface area contributed by atoms with E-state index in [1.54, 1.807) is 13.8 Å². The van der Waals surface area contributed by atoms with Crippen molar-refractivity contribution in [2.75, 3.05) is 0 Å². The van der Waals surface area contributed by atoms with E-state index in [0.717, 1.165) is 22.9 Å². The van der Waals surface area contributed by atoms with Crippen molar-refractivity contribution in [1.29, 1.82) is 0 Å². The van der Waals surface area contributed by atoms with Crippen molar-refractivity contribution in [2.45, 2.75) is 19.9 Å². The van der Waals surface area contributed by atoms with E-state index < -0.39 is 5.97 Å². The molecule has 0 bridgehead atoms. The molecule has 2 rings (SSSR count). The molecule has 0 radical (unpaired) electrons. The minimum atomic E-state index is -1.02. The molecule has 0 aliphatic rings. The van der Waals surface area contributed by atoms with Crippen molar-refractivity contribution in [3.63, 3.8) is 0 Å². The molecule has 0 aromatic carbocycles. The molecule has 0 saturated heterocycles. The summed E-state index contributed by atoms with van der Waals surface area (Å²) in [4.78, 5) is 27.3. The van der Waals surface area contributed by atoms with Gasteiger partial charge in [-0.3, -0.25) is 4.79 Å². The lowest BCUT2D eigenvalue weighted by atomic mass is 10.3. The van der Waals surface area contributed by atoms with Gasteiger partial charge in [-0.05, 0) is 25.4 Å². The van der Waals surface area contributed by atoms with Crippen LogP contribution in [-0.4, -0.2) is 31.6 Å². The first kappa shape index (κ1) is 13.6. The fraction of sp³-hybridized carbons (Fsp3) is 0.300. The molecular weight excluding hydrogens is 288 g/mol. The Hall–Kier alpha value is -1.87. The van der Waals surface area contributed by atoms with Gasteiger partial charge in [-0.1, -0.05) is 4.49 Å². The number of carbonyl (C=O) groups is 2. The topological polar surface area (TPSA) is 105 Å². The quantitative estimate of drug-likeness (QED) is 0.886. The zero-order valence-electron chi connectivity index (χ0n) is 10.1. The zero-order valence-corrected chi connectivity index (χ0v) is 11.7.